The fourth-order valence-electron chi connectivity index (χ4n) is 1.74. The average molecular weight is 221 g/mol. The minimum Gasteiger partial charge on any atom is -0.488 e. The third-order valence-corrected chi connectivity index (χ3v) is 2.45. The van der Waals surface area contributed by atoms with Crippen LogP contribution in [0.25, 0.3) is 0 Å². The van der Waals surface area contributed by atoms with Crippen LogP contribution in [0.5, 0.6) is 0 Å². The molecule has 1 amide bonds. The van der Waals surface area contributed by atoms with Gasteiger partial charge in [-0.25, -0.2) is 4.79 Å². The van der Waals surface area contributed by atoms with Crippen LogP contribution in [0, 0.1) is 0 Å². The van der Waals surface area contributed by atoms with Crippen LogP contribution in [0.1, 0.15) is 19.8 Å². The summed E-state index contributed by atoms with van der Waals surface area (Å²) >= 11 is 0. The maximum atomic E-state index is 11.7. The first-order valence-corrected chi connectivity index (χ1v) is 5.48. The molecule has 2 aliphatic rings. The Balaban J connectivity index is 2.26. The van der Waals surface area contributed by atoms with E-state index in [4.69, 9.17) is 9.47 Å². The van der Waals surface area contributed by atoms with Crippen molar-refractivity contribution in [1.82, 2.24) is 4.90 Å². The van der Waals surface area contributed by atoms with Gasteiger partial charge in [-0.2, -0.15) is 0 Å². The van der Waals surface area contributed by atoms with Crippen LogP contribution in [0.2, 0.25) is 0 Å². The van der Waals surface area contributed by atoms with Crippen LogP contribution in [-0.2, 0) is 9.47 Å². The lowest BCUT2D eigenvalue weighted by molar-refractivity contribution is 0.128. The normalized spacial score (nSPS) is 18.9. The van der Waals surface area contributed by atoms with E-state index in [-0.39, 0.29) is 6.09 Å². The number of allylic oxidation sites excluding steroid dienone is 3. The zero-order chi connectivity index (χ0) is 11.4. The Morgan fingerprint density at radius 2 is 2.44 bits per heavy atom. The second-order valence-corrected chi connectivity index (χ2v) is 3.52. The molecule has 0 bridgehead atoms. The lowest BCUT2D eigenvalue weighted by Gasteiger charge is -2.22. The lowest BCUT2D eigenvalue weighted by Crippen LogP contribution is -2.27. The minimum atomic E-state index is -0.341. The van der Waals surface area contributed by atoms with Gasteiger partial charge in [0.05, 0.1) is 12.3 Å². The molecule has 4 heteroatoms. The molecule has 2 rings (SSSR count). The molecular weight excluding hydrogens is 206 g/mol. The molecule has 0 saturated heterocycles. The first-order chi connectivity index (χ1) is 7.83. The number of carbonyl (C=O) groups excluding carboxylic acids is 1. The highest BCUT2D eigenvalue weighted by atomic mass is 16.6. The van der Waals surface area contributed by atoms with Crippen LogP contribution in [0.4, 0.5) is 4.79 Å². The molecule has 0 aromatic heterocycles. The van der Waals surface area contributed by atoms with E-state index < -0.39 is 0 Å². The van der Waals surface area contributed by atoms with Gasteiger partial charge in [-0.15, -0.1) is 0 Å². The maximum Gasteiger partial charge on any atom is 0.418 e. The minimum absolute atomic E-state index is 0.341. The predicted octanol–water partition coefficient (Wildman–Crippen LogP) is 2.55. The second kappa shape index (κ2) is 4.88. The molecule has 0 radical (unpaired) electrons. The number of amides is 1. The molecule has 16 heavy (non-hydrogen) atoms. The van der Waals surface area contributed by atoms with Gasteiger partial charge < -0.3 is 9.47 Å². The zero-order valence-electron chi connectivity index (χ0n) is 9.31. The van der Waals surface area contributed by atoms with E-state index in [0.717, 1.165) is 24.3 Å². The van der Waals surface area contributed by atoms with E-state index in [1.54, 1.807) is 13.1 Å². The zero-order valence-corrected chi connectivity index (χ0v) is 9.31. The van der Waals surface area contributed by atoms with Crippen molar-refractivity contribution >= 4 is 6.09 Å². The molecule has 0 saturated carbocycles. The number of hydrogen-bond acceptors (Lipinski definition) is 3. The third kappa shape index (κ3) is 2.10. The van der Waals surface area contributed by atoms with E-state index in [0.29, 0.717) is 13.2 Å². The Morgan fingerprint density at radius 1 is 1.56 bits per heavy atom. The van der Waals surface area contributed by atoms with Crippen molar-refractivity contribution in [2.24, 2.45) is 0 Å². The number of ether oxygens (including phenoxy) is 2. The van der Waals surface area contributed by atoms with E-state index in [1.165, 1.54) is 4.90 Å². The van der Waals surface area contributed by atoms with E-state index in [2.05, 4.69) is 0 Å². The summed E-state index contributed by atoms with van der Waals surface area (Å²) in [5.74, 6) is 0.768. The van der Waals surface area contributed by atoms with Crippen LogP contribution < -0.4 is 0 Å². The fraction of sp³-hybridized carbons (Fsp3) is 0.417. The molecule has 0 unspecified atom stereocenters. The number of hydrogen-bond donors (Lipinski definition) is 0. The Morgan fingerprint density at radius 3 is 3.25 bits per heavy atom. The van der Waals surface area contributed by atoms with Gasteiger partial charge in [0.1, 0.15) is 12.4 Å². The van der Waals surface area contributed by atoms with Crippen LogP contribution >= 0.6 is 0 Å². The molecule has 0 spiro atoms. The number of rotatable bonds is 1. The molecular formula is C12H15NO3. The first-order valence-electron chi connectivity index (χ1n) is 5.48. The second-order valence-electron chi connectivity index (χ2n) is 3.52. The highest BCUT2D eigenvalue weighted by molar-refractivity contribution is 5.71. The highest BCUT2D eigenvalue weighted by Crippen LogP contribution is 2.26. The van der Waals surface area contributed by atoms with E-state index >= 15 is 0 Å². The van der Waals surface area contributed by atoms with E-state index in [1.807, 2.05) is 18.2 Å². The summed E-state index contributed by atoms with van der Waals surface area (Å²) in [6, 6.07) is 0. The van der Waals surface area contributed by atoms with Crippen molar-refractivity contribution in [1.29, 1.82) is 0 Å². The van der Waals surface area contributed by atoms with Crippen molar-refractivity contribution in [3.8, 4) is 0 Å². The highest BCUT2D eigenvalue weighted by Gasteiger charge is 2.23. The van der Waals surface area contributed by atoms with Gasteiger partial charge >= 0.3 is 6.09 Å². The largest absolute Gasteiger partial charge is 0.488 e. The van der Waals surface area contributed by atoms with Crippen molar-refractivity contribution in [3.05, 3.63) is 35.9 Å². The molecule has 0 atom stereocenters. The predicted molar refractivity (Wildman–Crippen MR) is 59.4 cm³/mol. The Hall–Kier alpha value is -1.71. The Bertz CT molecular complexity index is 368. The van der Waals surface area contributed by atoms with Gasteiger partial charge in [0.15, 0.2) is 0 Å². The molecule has 0 N–H and O–H groups in total. The van der Waals surface area contributed by atoms with Crippen LogP contribution in [0.3, 0.4) is 0 Å². The Labute approximate surface area is 94.8 Å². The first kappa shape index (κ1) is 10.8. The van der Waals surface area contributed by atoms with E-state index in [9.17, 15) is 4.79 Å². The molecule has 4 nitrogen and oxygen atoms in total. The smallest absolute Gasteiger partial charge is 0.418 e. The summed E-state index contributed by atoms with van der Waals surface area (Å²) in [7, 11) is 0. The molecule has 0 aromatic carbocycles. The fourth-order valence-corrected chi connectivity index (χ4v) is 1.74. The van der Waals surface area contributed by atoms with Crippen LogP contribution in [-0.4, -0.2) is 24.2 Å². The number of carbonyl (C=O) groups is 1. The van der Waals surface area contributed by atoms with Gasteiger partial charge in [-0.3, -0.25) is 4.90 Å². The summed E-state index contributed by atoms with van der Waals surface area (Å²) < 4.78 is 10.5. The van der Waals surface area contributed by atoms with Gasteiger partial charge in [0, 0.05) is 6.20 Å². The molecule has 0 aromatic rings. The topological polar surface area (TPSA) is 38.8 Å². The Kier molecular flexibility index (Phi) is 3.29. The van der Waals surface area contributed by atoms with Gasteiger partial charge in [-0.1, -0.05) is 6.08 Å². The van der Waals surface area contributed by atoms with Crippen molar-refractivity contribution in [2.45, 2.75) is 19.8 Å². The maximum absolute atomic E-state index is 11.7. The molecule has 1 heterocycles. The summed E-state index contributed by atoms with van der Waals surface area (Å²) in [6.07, 6.45) is 8.88. The number of nitrogens with zero attached hydrogens (tertiary/aromatic N) is 1. The van der Waals surface area contributed by atoms with Crippen molar-refractivity contribution < 1.29 is 14.3 Å². The third-order valence-electron chi connectivity index (χ3n) is 2.45. The standard InChI is InChI=1S/C12H15NO3/c1-2-15-12(14)13-8-5-9-16-11-7-4-3-6-10(11)13/h4-5,7-8H,2-3,6,9H2,1H3. The summed E-state index contributed by atoms with van der Waals surface area (Å²) in [5.41, 5.74) is 0.884. The summed E-state index contributed by atoms with van der Waals surface area (Å²) in [5, 5.41) is 0. The van der Waals surface area contributed by atoms with Crippen LogP contribution in [0.15, 0.2) is 35.9 Å². The average Bonchev–Trinajstić information content (AvgIpc) is 2.51. The monoisotopic (exact) mass is 221 g/mol. The summed E-state index contributed by atoms with van der Waals surface area (Å²) in [6.45, 7) is 2.66. The molecule has 0 fully saturated rings. The SMILES string of the molecule is CCOC(=O)N1C=CCOC2=C1CCC=C2. The molecule has 1 aliphatic carbocycles. The van der Waals surface area contributed by atoms with Gasteiger partial charge in [0.25, 0.3) is 0 Å². The lowest BCUT2D eigenvalue weighted by atomic mass is 10.1. The van der Waals surface area contributed by atoms with Crippen molar-refractivity contribution in [2.75, 3.05) is 13.2 Å². The summed E-state index contributed by atoms with van der Waals surface area (Å²) in [4.78, 5) is 13.3. The molecule has 1 aliphatic heterocycles. The molecule has 86 valence electrons. The van der Waals surface area contributed by atoms with Gasteiger partial charge in [-0.05, 0) is 31.9 Å². The quantitative estimate of drug-likeness (QED) is 0.683. The van der Waals surface area contributed by atoms with Gasteiger partial charge in [0.2, 0.25) is 0 Å². The van der Waals surface area contributed by atoms with Crippen molar-refractivity contribution in [3.63, 3.8) is 0 Å².